The fourth-order valence-electron chi connectivity index (χ4n) is 9.10. The van der Waals surface area contributed by atoms with Gasteiger partial charge in [-0.3, -0.25) is 9.59 Å². The largest absolute Gasteiger partial charge is 0.466 e. The molecule has 6 heteroatoms. The molecule has 0 aromatic carbocycles. The summed E-state index contributed by atoms with van der Waals surface area (Å²) in [5, 5.41) is 23.3. The molecule has 3 N–H and O–H groups in total. The van der Waals surface area contributed by atoms with E-state index in [1.54, 1.807) is 0 Å². The van der Waals surface area contributed by atoms with Crippen molar-refractivity contribution in [3.8, 4) is 0 Å². The Kier molecular flexibility index (Phi) is 55.0. The molecular weight excluding hydrogens is 827 g/mol. The van der Waals surface area contributed by atoms with Gasteiger partial charge in [0.25, 0.3) is 0 Å². The van der Waals surface area contributed by atoms with E-state index in [1.165, 1.54) is 225 Å². The third-order valence-electron chi connectivity index (χ3n) is 13.7. The number of ether oxygens (including phenoxy) is 1. The van der Waals surface area contributed by atoms with Crippen molar-refractivity contribution in [2.45, 2.75) is 328 Å². The molecule has 0 bridgehead atoms. The molecule has 394 valence electrons. The second-order valence-corrected chi connectivity index (χ2v) is 20.3. The van der Waals surface area contributed by atoms with Gasteiger partial charge in [0.1, 0.15) is 0 Å². The predicted molar refractivity (Wildman–Crippen MR) is 292 cm³/mol. The molecule has 0 aliphatic heterocycles. The first kappa shape index (κ1) is 65.1. The number of carbonyl (C=O) groups excluding carboxylic acids is 2. The summed E-state index contributed by atoms with van der Waals surface area (Å²) >= 11 is 0. The summed E-state index contributed by atoms with van der Waals surface area (Å²) in [5.74, 6) is -0.140. The standard InChI is InChI=1S/C61H115NO5/c1-3-5-7-9-11-13-15-17-18-19-20-21-22-23-24-25-26-27-28-30-33-37-41-45-49-53-59(64)58(57-63)62-60(65)54-50-46-42-38-34-31-29-32-36-40-44-48-52-56-67-61(66)55-51-47-43-39-35-16-14-12-10-8-6-4-2/h12,14,31,34,42,46,58-59,63-64H,3-11,13,15-30,32-33,35-41,43-45,47-57H2,1-2H3,(H,62,65)/b14-12-,34-31-,46-42-. The maximum Gasteiger partial charge on any atom is 0.305 e. The van der Waals surface area contributed by atoms with Gasteiger partial charge in [-0.15, -0.1) is 0 Å². The van der Waals surface area contributed by atoms with E-state index in [9.17, 15) is 19.8 Å². The van der Waals surface area contributed by atoms with E-state index in [0.717, 1.165) is 51.4 Å². The lowest BCUT2D eigenvalue weighted by atomic mass is 10.0. The maximum absolute atomic E-state index is 12.5. The van der Waals surface area contributed by atoms with Crippen LogP contribution < -0.4 is 5.32 Å². The van der Waals surface area contributed by atoms with Crippen LogP contribution in [0.4, 0.5) is 0 Å². The van der Waals surface area contributed by atoms with Crippen LogP contribution in [0.1, 0.15) is 316 Å². The van der Waals surface area contributed by atoms with Crippen LogP contribution in [0.3, 0.4) is 0 Å². The highest BCUT2D eigenvalue weighted by atomic mass is 16.5. The predicted octanol–water partition coefficient (Wildman–Crippen LogP) is 18.4. The summed E-state index contributed by atoms with van der Waals surface area (Å²) in [5.41, 5.74) is 0. The van der Waals surface area contributed by atoms with Gasteiger partial charge in [0, 0.05) is 12.8 Å². The number of aliphatic hydroxyl groups is 2. The molecule has 2 unspecified atom stereocenters. The minimum atomic E-state index is -0.701. The second-order valence-electron chi connectivity index (χ2n) is 20.3. The highest BCUT2D eigenvalue weighted by molar-refractivity contribution is 5.76. The van der Waals surface area contributed by atoms with Crippen LogP contribution in [-0.4, -0.2) is 47.4 Å². The number of amides is 1. The van der Waals surface area contributed by atoms with Crippen molar-refractivity contribution in [1.82, 2.24) is 5.32 Å². The summed E-state index contributed by atoms with van der Waals surface area (Å²) in [6.07, 6.45) is 70.2. The fourth-order valence-corrected chi connectivity index (χ4v) is 9.10. The van der Waals surface area contributed by atoms with Gasteiger partial charge >= 0.3 is 5.97 Å². The number of aliphatic hydroxyl groups excluding tert-OH is 2. The maximum atomic E-state index is 12.5. The minimum Gasteiger partial charge on any atom is -0.466 e. The van der Waals surface area contributed by atoms with Crippen LogP contribution >= 0.6 is 0 Å². The number of allylic oxidation sites excluding steroid dienone is 6. The highest BCUT2D eigenvalue weighted by Crippen LogP contribution is 2.17. The zero-order chi connectivity index (χ0) is 48.6. The van der Waals surface area contributed by atoms with Crippen molar-refractivity contribution in [1.29, 1.82) is 0 Å². The van der Waals surface area contributed by atoms with E-state index in [-0.39, 0.29) is 18.5 Å². The summed E-state index contributed by atoms with van der Waals surface area (Å²) in [4.78, 5) is 24.5. The van der Waals surface area contributed by atoms with Crippen molar-refractivity contribution in [3.05, 3.63) is 36.5 Å². The van der Waals surface area contributed by atoms with Crippen molar-refractivity contribution in [2.24, 2.45) is 0 Å². The number of hydrogen-bond donors (Lipinski definition) is 3. The minimum absolute atomic E-state index is 0.0267. The Labute approximate surface area is 417 Å². The summed E-state index contributed by atoms with van der Waals surface area (Å²) in [7, 11) is 0. The van der Waals surface area contributed by atoms with Gasteiger partial charge in [-0.25, -0.2) is 0 Å². The van der Waals surface area contributed by atoms with Crippen LogP contribution in [0.25, 0.3) is 0 Å². The first-order valence-corrected chi connectivity index (χ1v) is 29.7. The molecule has 0 saturated heterocycles. The third-order valence-corrected chi connectivity index (χ3v) is 13.7. The molecule has 0 aliphatic carbocycles. The SMILES string of the molecule is CCCCC/C=C\CCCCCCCC(=O)OCCCCCCCC/C=C\C/C=C\CCC(=O)NC(CO)C(O)CCCCCCCCCCCCCCCCCCCCCCCCCCC. The number of esters is 1. The molecule has 1 amide bonds. The van der Waals surface area contributed by atoms with Crippen LogP contribution in [0, 0.1) is 0 Å². The Morgan fingerprint density at radius 2 is 0.761 bits per heavy atom. The zero-order valence-electron chi connectivity index (χ0n) is 44.9. The monoisotopic (exact) mass is 942 g/mol. The van der Waals surface area contributed by atoms with E-state index in [4.69, 9.17) is 4.74 Å². The van der Waals surface area contributed by atoms with Crippen molar-refractivity contribution >= 4 is 11.9 Å². The molecule has 0 heterocycles. The third kappa shape index (κ3) is 53.3. The zero-order valence-corrected chi connectivity index (χ0v) is 44.9. The smallest absolute Gasteiger partial charge is 0.305 e. The van der Waals surface area contributed by atoms with E-state index in [0.29, 0.717) is 32.3 Å². The van der Waals surface area contributed by atoms with Crippen LogP contribution in [0.15, 0.2) is 36.5 Å². The molecule has 6 nitrogen and oxygen atoms in total. The van der Waals surface area contributed by atoms with Gasteiger partial charge in [0.15, 0.2) is 0 Å². The fraction of sp³-hybridized carbons (Fsp3) is 0.869. The van der Waals surface area contributed by atoms with Crippen molar-refractivity contribution < 1.29 is 24.5 Å². The second kappa shape index (κ2) is 56.7. The Morgan fingerprint density at radius 1 is 0.418 bits per heavy atom. The van der Waals surface area contributed by atoms with Gasteiger partial charge in [-0.2, -0.15) is 0 Å². The van der Waals surface area contributed by atoms with Gasteiger partial charge < -0.3 is 20.3 Å². The van der Waals surface area contributed by atoms with E-state index in [1.807, 2.05) is 6.08 Å². The van der Waals surface area contributed by atoms with E-state index >= 15 is 0 Å². The molecule has 0 aromatic heterocycles. The van der Waals surface area contributed by atoms with Crippen LogP contribution in [-0.2, 0) is 14.3 Å². The molecular formula is C61H115NO5. The Bertz CT molecular complexity index is 1090. The van der Waals surface area contributed by atoms with Crippen molar-refractivity contribution in [2.75, 3.05) is 13.2 Å². The summed E-state index contributed by atoms with van der Waals surface area (Å²) < 4.78 is 5.44. The number of hydrogen-bond acceptors (Lipinski definition) is 5. The van der Waals surface area contributed by atoms with Gasteiger partial charge in [-0.1, -0.05) is 269 Å². The Hall–Kier alpha value is -1.92. The molecule has 0 rings (SSSR count). The summed E-state index contributed by atoms with van der Waals surface area (Å²) in [6.45, 7) is 4.88. The number of nitrogens with one attached hydrogen (secondary N) is 1. The molecule has 2 atom stereocenters. The summed E-state index contributed by atoms with van der Waals surface area (Å²) in [6, 6.07) is -0.587. The Balaban J connectivity index is 3.53. The normalized spacial score (nSPS) is 12.8. The highest BCUT2D eigenvalue weighted by Gasteiger charge is 2.19. The lowest BCUT2D eigenvalue weighted by molar-refractivity contribution is -0.143. The van der Waals surface area contributed by atoms with Gasteiger partial charge in [0.05, 0.1) is 25.4 Å². The Morgan fingerprint density at radius 3 is 1.21 bits per heavy atom. The lowest BCUT2D eigenvalue weighted by Gasteiger charge is -2.22. The quantitative estimate of drug-likeness (QED) is 0.0321. The van der Waals surface area contributed by atoms with E-state index < -0.39 is 12.1 Å². The lowest BCUT2D eigenvalue weighted by Crippen LogP contribution is -2.45. The van der Waals surface area contributed by atoms with E-state index in [2.05, 4.69) is 49.5 Å². The average molecular weight is 943 g/mol. The van der Waals surface area contributed by atoms with Crippen molar-refractivity contribution in [3.63, 3.8) is 0 Å². The molecule has 0 aliphatic rings. The first-order valence-electron chi connectivity index (χ1n) is 29.7. The molecule has 0 spiro atoms. The number of carbonyl (C=O) groups is 2. The molecule has 67 heavy (non-hydrogen) atoms. The topological polar surface area (TPSA) is 95.9 Å². The molecule has 0 saturated carbocycles. The van der Waals surface area contributed by atoms with Crippen LogP contribution in [0.2, 0.25) is 0 Å². The number of rotatable bonds is 55. The number of unbranched alkanes of at least 4 members (excludes halogenated alkanes) is 38. The molecule has 0 fully saturated rings. The van der Waals surface area contributed by atoms with Gasteiger partial charge in [0.2, 0.25) is 5.91 Å². The van der Waals surface area contributed by atoms with Crippen LogP contribution in [0.5, 0.6) is 0 Å². The molecule has 0 aromatic rings. The first-order chi connectivity index (χ1) is 33.0. The average Bonchev–Trinajstić information content (AvgIpc) is 3.33. The molecule has 0 radical (unpaired) electrons. The van der Waals surface area contributed by atoms with Gasteiger partial charge in [-0.05, 0) is 70.6 Å².